The van der Waals surface area contributed by atoms with Gasteiger partial charge in [-0.15, -0.1) is 0 Å². The molecule has 1 fully saturated rings. The van der Waals surface area contributed by atoms with Gasteiger partial charge in [0.15, 0.2) is 5.58 Å². The molecule has 0 N–H and O–H groups in total. The van der Waals surface area contributed by atoms with Gasteiger partial charge in [0, 0.05) is 43.4 Å². The Bertz CT molecular complexity index is 924. The van der Waals surface area contributed by atoms with Crippen LogP contribution < -0.4 is 10.7 Å². The summed E-state index contributed by atoms with van der Waals surface area (Å²) >= 11 is 5.96. The van der Waals surface area contributed by atoms with Crippen LogP contribution in [0.4, 0.5) is 5.69 Å². The van der Waals surface area contributed by atoms with E-state index in [1.165, 1.54) is 5.69 Å². The number of oxazole rings is 1. The molecular formula is C20H22ClN3O2. The molecule has 1 aliphatic rings. The molecule has 1 aliphatic heterocycles. The Kier molecular flexibility index (Phi) is 5.00. The minimum Gasteiger partial charge on any atom is -0.408 e. The van der Waals surface area contributed by atoms with Crippen molar-refractivity contribution < 1.29 is 4.42 Å². The number of benzene rings is 2. The molecule has 0 atom stereocenters. The van der Waals surface area contributed by atoms with Crippen molar-refractivity contribution >= 4 is 28.4 Å². The lowest BCUT2D eigenvalue weighted by molar-refractivity contribution is 0.250. The van der Waals surface area contributed by atoms with Crippen molar-refractivity contribution in [2.45, 2.75) is 13.0 Å². The smallest absolute Gasteiger partial charge is 0.408 e. The van der Waals surface area contributed by atoms with Gasteiger partial charge in [0.2, 0.25) is 0 Å². The van der Waals surface area contributed by atoms with Crippen molar-refractivity contribution in [3.8, 4) is 0 Å². The van der Waals surface area contributed by atoms with E-state index >= 15 is 0 Å². The highest BCUT2D eigenvalue weighted by molar-refractivity contribution is 6.30. The van der Waals surface area contributed by atoms with E-state index in [4.69, 9.17) is 16.0 Å². The fourth-order valence-electron chi connectivity index (χ4n) is 3.56. The second kappa shape index (κ2) is 7.56. The van der Waals surface area contributed by atoms with Crippen LogP contribution in [-0.2, 0) is 6.54 Å². The van der Waals surface area contributed by atoms with Gasteiger partial charge in [-0.2, -0.15) is 0 Å². The van der Waals surface area contributed by atoms with Gasteiger partial charge in [0.1, 0.15) is 0 Å². The maximum atomic E-state index is 12.0. The van der Waals surface area contributed by atoms with E-state index in [9.17, 15) is 4.79 Å². The lowest BCUT2D eigenvalue weighted by Crippen LogP contribution is -2.46. The summed E-state index contributed by atoms with van der Waals surface area (Å²) in [4.78, 5) is 16.9. The van der Waals surface area contributed by atoms with Gasteiger partial charge in [0.05, 0.1) is 5.52 Å². The fourth-order valence-corrected chi connectivity index (χ4v) is 3.69. The average Bonchev–Trinajstić information content (AvgIpc) is 2.99. The van der Waals surface area contributed by atoms with Gasteiger partial charge >= 0.3 is 5.76 Å². The summed E-state index contributed by atoms with van der Waals surface area (Å²) in [7, 11) is 0. The van der Waals surface area contributed by atoms with Crippen LogP contribution in [0.2, 0.25) is 5.02 Å². The molecule has 1 saturated heterocycles. The van der Waals surface area contributed by atoms with Crippen LogP contribution in [0, 0.1) is 0 Å². The van der Waals surface area contributed by atoms with Crippen molar-refractivity contribution in [3.05, 3.63) is 64.1 Å². The molecule has 2 aromatic carbocycles. The van der Waals surface area contributed by atoms with Gasteiger partial charge in [-0.3, -0.25) is 9.47 Å². The van der Waals surface area contributed by atoms with E-state index in [2.05, 4.69) is 21.9 Å². The van der Waals surface area contributed by atoms with Gasteiger partial charge in [-0.25, -0.2) is 4.79 Å². The highest BCUT2D eigenvalue weighted by Gasteiger charge is 2.17. The Morgan fingerprint density at radius 2 is 1.65 bits per heavy atom. The summed E-state index contributed by atoms with van der Waals surface area (Å²) < 4.78 is 7.03. The third kappa shape index (κ3) is 3.64. The van der Waals surface area contributed by atoms with Crippen LogP contribution in [0.3, 0.4) is 0 Å². The summed E-state index contributed by atoms with van der Waals surface area (Å²) in [5.41, 5.74) is 2.77. The molecular weight excluding hydrogens is 350 g/mol. The molecule has 0 unspecified atom stereocenters. The van der Waals surface area contributed by atoms with Crippen molar-refractivity contribution in [2.75, 3.05) is 37.6 Å². The van der Waals surface area contributed by atoms with E-state index in [-0.39, 0.29) is 5.76 Å². The number of para-hydroxylation sites is 2. The lowest BCUT2D eigenvalue weighted by Gasteiger charge is -2.36. The van der Waals surface area contributed by atoms with Crippen LogP contribution >= 0.6 is 11.6 Å². The minimum absolute atomic E-state index is 0.265. The Hall–Kier alpha value is -2.24. The van der Waals surface area contributed by atoms with Crippen molar-refractivity contribution in [1.29, 1.82) is 0 Å². The second-order valence-corrected chi connectivity index (χ2v) is 7.08. The van der Waals surface area contributed by atoms with Crippen LogP contribution in [0.15, 0.2) is 57.7 Å². The topological polar surface area (TPSA) is 41.6 Å². The van der Waals surface area contributed by atoms with Gasteiger partial charge < -0.3 is 9.32 Å². The zero-order valence-electron chi connectivity index (χ0n) is 14.6. The third-order valence-corrected chi connectivity index (χ3v) is 5.25. The first-order valence-electron chi connectivity index (χ1n) is 9.02. The van der Waals surface area contributed by atoms with Crippen molar-refractivity contribution in [3.63, 3.8) is 0 Å². The predicted octanol–water partition coefficient (Wildman–Crippen LogP) is 3.46. The molecule has 1 aromatic heterocycles. The quantitative estimate of drug-likeness (QED) is 0.688. The van der Waals surface area contributed by atoms with Crippen molar-refractivity contribution in [2.24, 2.45) is 0 Å². The number of fused-ring (bicyclic) bond motifs is 1. The number of hydrogen-bond donors (Lipinski definition) is 0. The Morgan fingerprint density at radius 3 is 2.42 bits per heavy atom. The largest absolute Gasteiger partial charge is 0.419 e. The highest BCUT2D eigenvalue weighted by Crippen LogP contribution is 2.19. The predicted molar refractivity (Wildman–Crippen MR) is 105 cm³/mol. The molecule has 0 aliphatic carbocycles. The number of halogens is 1. The van der Waals surface area contributed by atoms with Gasteiger partial charge in [-0.1, -0.05) is 23.7 Å². The summed E-state index contributed by atoms with van der Waals surface area (Å²) in [6.45, 7) is 5.76. The molecule has 136 valence electrons. The van der Waals surface area contributed by atoms with Crippen LogP contribution in [-0.4, -0.2) is 42.2 Å². The summed E-state index contributed by atoms with van der Waals surface area (Å²) in [5, 5.41) is 0.773. The first-order valence-corrected chi connectivity index (χ1v) is 9.40. The summed E-state index contributed by atoms with van der Waals surface area (Å²) in [6.07, 6.45) is 0.935. The molecule has 0 amide bonds. The lowest BCUT2D eigenvalue weighted by atomic mass is 10.2. The first-order chi connectivity index (χ1) is 12.7. The van der Waals surface area contributed by atoms with E-state index < -0.39 is 0 Å². The van der Waals surface area contributed by atoms with Gasteiger partial charge in [-0.05, 0) is 49.4 Å². The third-order valence-electron chi connectivity index (χ3n) is 4.99. The van der Waals surface area contributed by atoms with E-state index in [0.29, 0.717) is 12.1 Å². The average molecular weight is 372 g/mol. The highest BCUT2D eigenvalue weighted by atomic mass is 35.5. The molecule has 3 aromatic rings. The number of nitrogens with zero attached hydrogens (tertiary/aromatic N) is 3. The Morgan fingerprint density at radius 1 is 0.923 bits per heavy atom. The summed E-state index contributed by atoms with van der Waals surface area (Å²) in [5.74, 6) is -0.265. The molecule has 0 saturated carbocycles. The zero-order chi connectivity index (χ0) is 17.9. The van der Waals surface area contributed by atoms with Crippen LogP contribution in [0.25, 0.3) is 11.1 Å². The van der Waals surface area contributed by atoms with E-state index in [0.717, 1.165) is 49.7 Å². The Balaban J connectivity index is 1.29. The maximum Gasteiger partial charge on any atom is 0.419 e. The number of hydrogen-bond acceptors (Lipinski definition) is 4. The molecule has 26 heavy (non-hydrogen) atoms. The number of piperazine rings is 1. The second-order valence-electron chi connectivity index (χ2n) is 6.65. The molecule has 0 bridgehead atoms. The summed E-state index contributed by atoms with van der Waals surface area (Å²) in [6, 6.07) is 15.6. The molecule has 5 nitrogen and oxygen atoms in total. The first kappa shape index (κ1) is 17.2. The van der Waals surface area contributed by atoms with Crippen LogP contribution in [0.5, 0.6) is 0 Å². The van der Waals surface area contributed by atoms with E-state index in [1.807, 2.05) is 36.4 Å². The minimum atomic E-state index is -0.265. The molecule has 4 rings (SSSR count). The molecule has 0 radical (unpaired) electrons. The zero-order valence-corrected chi connectivity index (χ0v) is 15.4. The normalized spacial score (nSPS) is 15.7. The standard InChI is InChI=1S/C20H22ClN3O2/c21-16-6-8-17(9-7-16)23-14-12-22(13-15-23)10-3-11-24-18-4-1-2-5-19(18)26-20(24)25/h1-2,4-9H,3,10-15H2. The SMILES string of the molecule is O=c1oc2ccccc2n1CCCN1CCN(c2ccc(Cl)cc2)CC1. The van der Waals surface area contributed by atoms with Crippen LogP contribution in [0.1, 0.15) is 6.42 Å². The van der Waals surface area contributed by atoms with E-state index in [1.54, 1.807) is 4.57 Å². The molecule has 0 spiro atoms. The number of aromatic nitrogens is 1. The number of anilines is 1. The van der Waals surface area contributed by atoms with Crippen molar-refractivity contribution in [1.82, 2.24) is 9.47 Å². The number of rotatable bonds is 5. The number of aryl methyl sites for hydroxylation is 1. The fraction of sp³-hybridized carbons (Fsp3) is 0.350. The van der Waals surface area contributed by atoms with Gasteiger partial charge in [0.25, 0.3) is 0 Å². The maximum absolute atomic E-state index is 12.0. The Labute approximate surface area is 157 Å². The molecule has 6 heteroatoms. The monoisotopic (exact) mass is 371 g/mol. The molecule has 2 heterocycles.